The predicted molar refractivity (Wildman–Crippen MR) is 138 cm³/mol. The molecule has 4 aromatic rings. The van der Waals surface area contributed by atoms with Crippen molar-refractivity contribution >= 4 is 0 Å². The van der Waals surface area contributed by atoms with E-state index in [1.807, 2.05) is 36.4 Å². The first-order chi connectivity index (χ1) is 16.8. The van der Waals surface area contributed by atoms with Gasteiger partial charge in [0.1, 0.15) is 11.5 Å². The molecule has 0 aliphatic rings. The maximum absolute atomic E-state index is 5.59. The summed E-state index contributed by atoms with van der Waals surface area (Å²) in [5, 5.41) is 7.63. The molecule has 2 N–H and O–H groups in total. The van der Waals surface area contributed by atoms with Crippen molar-refractivity contribution < 1.29 is 9.47 Å². The molecule has 0 saturated heterocycles. The van der Waals surface area contributed by atoms with Gasteiger partial charge < -0.3 is 20.1 Å². The lowest BCUT2D eigenvalue weighted by atomic mass is 9.92. The van der Waals surface area contributed by atoms with Crippen LogP contribution in [0.5, 0.6) is 11.5 Å². The van der Waals surface area contributed by atoms with Gasteiger partial charge in [-0.25, -0.2) is 0 Å². The van der Waals surface area contributed by atoms with Gasteiger partial charge in [0.25, 0.3) is 0 Å². The maximum Gasteiger partial charge on any atom is 0.123 e. The van der Waals surface area contributed by atoms with Crippen molar-refractivity contribution in [2.45, 2.75) is 25.2 Å². The van der Waals surface area contributed by atoms with Crippen molar-refractivity contribution in [2.75, 3.05) is 14.2 Å². The Morgan fingerprint density at radius 3 is 1.24 bits per heavy atom. The molecule has 4 rings (SSSR count). The van der Waals surface area contributed by atoms with Crippen molar-refractivity contribution in [3.8, 4) is 11.5 Å². The summed E-state index contributed by atoms with van der Waals surface area (Å²) in [7, 11) is 3.43. The third-order valence-corrected chi connectivity index (χ3v) is 6.06. The Balaban J connectivity index is 1.66. The Labute approximate surface area is 202 Å². The third-order valence-electron chi connectivity index (χ3n) is 6.06. The molecule has 0 aliphatic carbocycles. The fraction of sp³-hybridized carbons (Fsp3) is 0.200. The molecule has 0 fully saturated rings. The monoisotopic (exact) mass is 452 g/mol. The number of hydrogen-bond donors (Lipinski definition) is 2. The van der Waals surface area contributed by atoms with Crippen molar-refractivity contribution in [2.24, 2.45) is 0 Å². The molecule has 0 aromatic heterocycles. The lowest BCUT2D eigenvalue weighted by molar-refractivity contribution is 0.366. The number of ether oxygens (including phenoxy) is 2. The second kappa shape index (κ2) is 12.0. The number of hydrogen-bond acceptors (Lipinski definition) is 4. The minimum atomic E-state index is 0.0308. The molecule has 0 amide bonds. The molecular weight excluding hydrogens is 420 g/mol. The van der Waals surface area contributed by atoms with Crippen molar-refractivity contribution in [3.05, 3.63) is 131 Å². The van der Waals surface area contributed by atoms with E-state index in [-0.39, 0.29) is 12.1 Å². The molecule has 0 spiro atoms. The SMILES string of the molecule is COc1ccccc1CN[C@@H](c1ccccc1)[C@@H](NCc1ccccc1OC)c1ccccc1. The first kappa shape index (κ1) is 23.6. The van der Waals surface area contributed by atoms with Crippen LogP contribution in [0, 0.1) is 0 Å². The normalized spacial score (nSPS) is 12.6. The van der Waals surface area contributed by atoms with Crippen LogP contribution in [0.25, 0.3) is 0 Å². The largest absolute Gasteiger partial charge is 0.496 e. The Morgan fingerprint density at radius 2 is 0.853 bits per heavy atom. The van der Waals surface area contributed by atoms with Gasteiger partial charge in [0, 0.05) is 24.2 Å². The first-order valence-electron chi connectivity index (χ1n) is 11.6. The molecule has 4 nitrogen and oxygen atoms in total. The first-order valence-corrected chi connectivity index (χ1v) is 11.6. The molecule has 2 atom stereocenters. The van der Waals surface area contributed by atoms with Crippen molar-refractivity contribution in [1.82, 2.24) is 10.6 Å². The van der Waals surface area contributed by atoms with Crippen LogP contribution >= 0.6 is 0 Å². The fourth-order valence-electron chi connectivity index (χ4n) is 4.31. The minimum Gasteiger partial charge on any atom is -0.496 e. The molecule has 0 heterocycles. The van der Waals surface area contributed by atoms with Crippen LogP contribution in [0.2, 0.25) is 0 Å². The molecular formula is C30H32N2O2. The zero-order valence-corrected chi connectivity index (χ0v) is 19.8. The van der Waals surface area contributed by atoms with Crippen LogP contribution in [0.15, 0.2) is 109 Å². The summed E-state index contributed by atoms with van der Waals surface area (Å²) in [6.45, 7) is 1.37. The van der Waals surface area contributed by atoms with Gasteiger partial charge in [-0.3, -0.25) is 0 Å². The van der Waals surface area contributed by atoms with E-state index < -0.39 is 0 Å². The van der Waals surface area contributed by atoms with Crippen LogP contribution in [0.3, 0.4) is 0 Å². The summed E-state index contributed by atoms with van der Waals surface area (Å²) in [6.07, 6.45) is 0. The van der Waals surface area contributed by atoms with E-state index in [0.717, 1.165) is 22.6 Å². The molecule has 0 radical (unpaired) electrons. The second-order valence-electron chi connectivity index (χ2n) is 8.16. The third kappa shape index (κ3) is 5.84. The fourth-order valence-corrected chi connectivity index (χ4v) is 4.31. The van der Waals surface area contributed by atoms with Gasteiger partial charge in [0.15, 0.2) is 0 Å². The Hall–Kier alpha value is -3.60. The van der Waals surface area contributed by atoms with E-state index in [9.17, 15) is 0 Å². The highest BCUT2D eigenvalue weighted by molar-refractivity contribution is 5.35. The van der Waals surface area contributed by atoms with Gasteiger partial charge in [0.2, 0.25) is 0 Å². The van der Waals surface area contributed by atoms with E-state index >= 15 is 0 Å². The van der Waals surface area contributed by atoms with E-state index in [1.165, 1.54) is 11.1 Å². The van der Waals surface area contributed by atoms with Gasteiger partial charge in [-0.15, -0.1) is 0 Å². The summed E-state index contributed by atoms with van der Waals surface area (Å²) >= 11 is 0. The average molecular weight is 453 g/mol. The molecule has 0 bridgehead atoms. The molecule has 0 unspecified atom stereocenters. The highest BCUT2D eigenvalue weighted by Gasteiger charge is 2.25. The van der Waals surface area contributed by atoms with E-state index in [1.54, 1.807) is 14.2 Å². The van der Waals surface area contributed by atoms with Crippen LogP contribution in [-0.4, -0.2) is 14.2 Å². The van der Waals surface area contributed by atoms with Crippen molar-refractivity contribution in [1.29, 1.82) is 0 Å². The summed E-state index contributed by atoms with van der Waals surface area (Å²) in [5.41, 5.74) is 4.70. The van der Waals surface area contributed by atoms with Gasteiger partial charge in [-0.1, -0.05) is 97.1 Å². The van der Waals surface area contributed by atoms with Crippen molar-refractivity contribution in [3.63, 3.8) is 0 Å². The van der Waals surface area contributed by atoms with E-state index in [4.69, 9.17) is 9.47 Å². The summed E-state index contributed by atoms with van der Waals surface area (Å²) in [5.74, 6) is 1.78. The summed E-state index contributed by atoms with van der Waals surface area (Å²) < 4.78 is 11.2. The average Bonchev–Trinajstić information content (AvgIpc) is 2.91. The summed E-state index contributed by atoms with van der Waals surface area (Å²) in [6, 6.07) is 37.6. The smallest absolute Gasteiger partial charge is 0.123 e. The van der Waals surface area contributed by atoms with Gasteiger partial charge in [0.05, 0.1) is 26.3 Å². The molecule has 174 valence electrons. The molecule has 4 heteroatoms. The minimum absolute atomic E-state index is 0.0308. The van der Waals surface area contributed by atoms with Crippen LogP contribution in [-0.2, 0) is 13.1 Å². The van der Waals surface area contributed by atoms with Gasteiger partial charge >= 0.3 is 0 Å². The zero-order valence-electron chi connectivity index (χ0n) is 19.8. The predicted octanol–water partition coefficient (Wildman–Crippen LogP) is 6.07. The van der Waals surface area contributed by atoms with Crippen LogP contribution in [0.1, 0.15) is 34.3 Å². The number of para-hydroxylation sites is 2. The maximum atomic E-state index is 5.59. The summed E-state index contributed by atoms with van der Waals surface area (Å²) in [4.78, 5) is 0. The molecule has 34 heavy (non-hydrogen) atoms. The zero-order chi connectivity index (χ0) is 23.6. The second-order valence-corrected chi connectivity index (χ2v) is 8.16. The molecule has 0 saturated carbocycles. The number of nitrogens with one attached hydrogen (secondary N) is 2. The van der Waals surface area contributed by atoms with Crippen LogP contribution in [0.4, 0.5) is 0 Å². The number of benzene rings is 4. The molecule has 4 aromatic carbocycles. The highest BCUT2D eigenvalue weighted by atomic mass is 16.5. The number of rotatable bonds is 11. The Morgan fingerprint density at radius 1 is 0.500 bits per heavy atom. The quantitative estimate of drug-likeness (QED) is 0.290. The standard InChI is InChI=1S/C30H32N2O2/c1-33-27-19-11-9-17-25(27)21-31-29(23-13-5-3-6-14-23)30(24-15-7-4-8-16-24)32-22-26-18-10-12-20-28(26)34-2/h3-20,29-32H,21-22H2,1-2H3/t29-,30-/m0/s1. The van der Waals surface area contributed by atoms with Crippen LogP contribution < -0.4 is 20.1 Å². The molecule has 0 aliphatic heterocycles. The van der Waals surface area contributed by atoms with E-state index in [0.29, 0.717) is 13.1 Å². The Bertz CT molecular complexity index is 1060. The van der Waals surface area contributed by atoms with Gasteiger partial charge in [-0.2, -0.15) is 0 Å². The lowest BCUT2D eigenvalue weighted by Crippen LogP contribution is -2.35. The topological polar surface area (TPSA) is 42.5 Å². The highest BCUT2D eigenvalue weighted by Crippen LogP contribution is 2.31. The lowest BCUT2D eigenvalue weighted by Gasteiger charge is -2.31. The Kier molecular flexibility index (Phi) is 8.33. The van der Waals surface area contributed by atoms with E-state index in [2.05, 4.69) is 83.4 Å². The van der Waals surface area contributed by atoms with Gasteiger partial charge in [-0.05, 0) is 23.3 Å². The number of methoxy groups -OCH3 is 2.